The van der Waals surface area contributed by atoms with Gasteiger partial charge in [0.1, 0.15) is 0 Å². The summed E-state index contributed by atoms with van der Waals surface area (Å²) in [5.41, 5.74) is 0. The Labute approximate surface area is 111 Å². The van der Waals surface area contributed by atoms with Gasteiger partial charge < -0.3 is 10.2 Å². The molecule has 0 aromatic rings. The Morgan fingerprint density at radius 1 is 1.28 bits per heavy atom. The fourth-order valence-corrected chi connectivity index (χ4v) is 3.01. The first-order valence-electron chi connectivity index (χ1n) is 7.53. The van der Waals surface area contributed by atoms with Crippen molar-refractivity contribution in [2.45, 2.75) is 52.5 Å². The number of carbonyl (C=O) groups is 1. The van der Waals surface area contributed by atoms with E-state index in [0.29, 0.717) is 12.0 Å². The molecule has 0 radical (unpaired) electrons. The van der Waals surface area contributed by atoms with E-state index in [1.54, 1.807) is 6.92 Å². The van der Waals surface area contributed by atoms with Crippen LogP contribution in [0.1, 0.15) is 46.5 Å². The topological polar surface area (TPSA) is 32.3 Å². The van der Waals surface area contributed by atoms with Gasteiger partial charge in [-0.05, 0) is 37.1 Å². The van der Waals surface area contributed by atoms with E-state index < -0.39 is 0 Å². The normalized spacial score (nSPS) is 28.8. The zero-order valence-corrected chi connectivity index (χ0v) is 12.1. The number of nitrogens with one attached hydrogen (secondary N) is 1. The lowest BCUT2D eigenvalue weighted by Gasteiger charge is -2.38. The average Bonchev–Trinajstić information content (AvgIpc) is 3.10. The van der Waals surface area contributed by atoms with Gasteiger partial charge in [-0.1, -0.05) is 26.7 Å². The van der Waals surface area contributed by atoms with Crippen LogP contribution in [-0.2, 0) is 4.79 Å². The van der Waals surface area contributed by atoms with Crippen molar-refractivity contribution in [3.63, 3.8) is 0 Å². The Bertz CT molecular complexity index is 286. The van der Waals surface area contributed by atoms with Crippen LogP contribution >= 0.6 is 0 Å². The summed E-state index contributed by atoms with van der Waals surface area (Å²) in [6.07, 6.45) is 5.43. The molecule has 1 saturated carbocycles. The molecule has 2 rings (SSSR count). The molecule has 1 N–H and O–H groups in total. The van der Waals surface area contributed by atoms with Gasteiger partial charge in [0.05, 0.1) is 0 Å². The molecule has 2 fully saturated rings. The Morgan fingerprint density at radius 2 is 2.00 bits per heavy atom. The van der Waals surface area contributed by atoms with E-state index in [9.17, 15) is 4.79 Å². The molecular formula is C15H28N2O. The van der Waals surface area contributed by atoms with Gasteiger partial charge in [0, 0.05) is 26.1 Å². The first-order chi connectivity index (χ1) is 8.54. The van der Waals surface area contributed by atoms with Gasteiger partial charge in [0.2, 0.25) is 5.91 Å². The van der Waals surface area contributed by atoms with Gasteiger partial charge in [0.15, 0.2) is 0 Å². The highest BCUT2D eigenvalue weighted by atomic mass is 16.2. The minimum absolute atomic E-state index is 0.242. The lowest BCUT2D eigenvalue weighted by atomic mass is 9.89. The number of likely N-dealkylation sites (tertiary alicyclic amines) is 1. The molecule has 0 spiro atoms. The van der Waals surface area contributed by atoms with Crippen LogP contribution in [0, 0.1) is 17.8 Å². The largest absolute Gasteiger partial charge is 0.341 e. The molecule has 18 heavy (non-hydrogen) atoms. The summed E-state index contributed by atoms with van der Waals surface area (Å²) in [7, 11) is 0. The summed E-state index contributed by atoms with van der Waals surface area (Å²) in [6, 6.07) is 0.508. The highest BCUT2D eigenvalue weighted by Gasteiger charge is 2.32. The number of amides is 1. The number of hydrogen-bond acceptors (Lipinski definition) is 2. The van der Waals surface area contributed by atoms with Gasteiger partial charge in [0.25, 0.3) is 0 Å². The summed E-state index contributed by atoms with van der Waals surface area (Å²) < 4.78 is 0. The Morgan fingerprint density at radius 3 is 2.56 bits per heavy atom. The van der Waals surface area contributed by atoms with E-state index in [1.807, 2.05) is 0 Å². The highest BCUT2D eigenvalue weighted by molar-refractivity contribution is 5.73. The molecule has 0 aromatic heterocycles. The minimum atomic E-state index is 0.242. The lowest BCUT2D eigenvalue weighted by Crippen LogP contribution is -2.51. The van der Waals surface area contributed by atoms with Crippen molar-refractivity contribution < 1.29 is 4.79 Å². The fourth-order valence-electron chi connectivity index (χ4n) is 3.01. The monoisotopic (exact) mass is 252 g/mol. The highest BCUT2D eigenvalue weighted by Crippen LogP contribution is 2.37. The second kappa shape index (κ2) is 6.05. The third kappa shape index (κ3) is 4.27. The van der Waals surface area contributed by atoms with Crippen LogP contribution in [0.5, 0.6) is 0 Å². The predicted molar refractivity (Wildman–Crippen MR) is 74.3 cm³/mol. The maximum atomic E-state index is 11.6. The summed E-state index contributed by atoms with van der Waals surface area (Å²) >= 11 is 0. The third-order valence-corrected chi connectivity index (χ3v) is 4.16. The zero-order valence-electron chi connectivity index (χ0n) is 12.1. The van der Waals surface area contributed by atoms with Crippen molar-refractivity contribution in [2.75, 3.05) is 19.6 Å². The molecule has 2 aliphatic rings. The predicted octanol–water partition coefficient (Wildman–Crippen LogP) is 2.27. The number of rotatable bonds is 5. The maximum Gasteiger partial charge on any atom is 0.219 e. The maximum absolute atomic E-state index is 11.6. The first kappa shape index (κ1) is 13.9. The standard InChI is InChI=1S/C15H28N2O/c1-11(2)8-16-15-7-14(6-13-4-5-13)9-17(10-15)12(3)18/h11,13-16H,4-10H2,1-3H3. The Balaban J connectivity index is 1.85. The van der Waals surface area contributed by atoms with Gasteiger partial charge in [-0.2, -0.15) is 0 Å². The molecule has 3 nitrogen and oxygen atoms in total. The number of nitrogens with zero attached hydrogens (tertiary/aromatic N) is 1. The lowest BCUT2D eigenvalue weighted by molar-refractivity contribution is -0.131. The summed E-state index contributed by atoms with van der Waals surface area (Å²) in [5.74, 6) is 2.61. The smallest absolute Gasteiger partial charge is 0.219 e. The molecule has 1 saturated heterocycles. The van der Waals surface area contributed by atoms with Gasteiger partial charge >= 0.3 is 0 Å². The van der Waals surface area contributed by atoms with E-state index in [1.165, 1.54) is 25.7 Å². The van der Waals surface area contributed by atoms with Crippen LogP contribution in [0.4, 0.5) is 0 Å². The van der Waals surface area contributed by atoms with Crippen LogP contribution in [0.25, 0.3) is 0 Å². The van der Waals surface area contributed by atoms with Crippen LogP contribution in [0.3, 0.4) is 0 Å². The Hall–Kier alpha value is -0.570. The molecule has 0 bridgehead atoms. The first-order valence-corrected chi connectivity index (χ1v) is 7.53. The molecular weight excluding hydrogens is 224 g/mol. The van der Waals surface area contributed by atoms with Crippen molar-refractivity contribution in [1.82, 2.24) is 10.2 Å². The average molecular weight is 252 g/mol. The summed E-state index contributed by atoms with van der Waals surface area (Å²) in [5, 5.41) is 3.64. The van der Waals surface area contributed by atoms with E-state index >= 15 is 0 Å². The molecule has 2 unspecified atom stereocenters. The molecule has 1 aliphatic heterocycles. The van der Waals surface area contributed by atoms with Crippen molar-refractivity contribution in [3.05, 3.63) is 0 Å². The van der Waals surface area contributed by atoms with Gasteiger partial charge in [-0.25, -0.2) is 0 Å². The van der Waals surface area contributed by atoms with Crippen molar-refractivity contribution in [3.8, 4) is 0 Å². The second-order valence-corrected chi connectivity index (χ2v) is 6.70. The van der Waals surface area contributed by atoms with Crippen molar-refractivity contribution >= 4 is 5.91 Å². The number of piperidine rings is 1. The quantitative estimate of drug-likeness (QED) is 0.814. The molecule has 2 atom stereocenters. The van der Waals surface area contributed by atoms with Crippen LogP contribution in [0.15, 0.2) is 0 Å². The van der Waals surface area contributed by atoms with Crippen molar-refractivity contribution in [1.29, 1.82) is 0 Å². The van der Waals surface area contributed by atoms with E-state index in [4.69, 9.17) is 0 Å². The molecule has 3 heteroatoms. The minimum Gasteiger partial charge on any atom is -0.341 e. The van der Waals surface area contributed by atoms with Crippen LogP contribution in [-0.4, -0.2) is 36.5 Å². The SMILES string of the molecule is CC(=O)N1CC(CC2CC2)CC(NCC(C)C)C1. The van der Waals surface area contributed by atoms with Gasteiger partial charge in [-0.3, -0.25) is 4.79 Å². The zero-order chi connectivity index (χ0) is 13.1. The summed E-state index contributed by atoms with van der Waals surface area (Å²) in [6.45, 7) is 9.14. The Kier molecular flexibility index (Phi) is 4.66. The number of hydrogen-bond donors (Lipinski definition) is 1. The fraction of sp³-hybridized carbons (Fsp3) is 0.933. The van der Waals surface area contributed by atoms with E-state index in [0.717, 1.165) is 31.5 Å². The van der Waals surface area contributed by atoms with Gasteiger partial charge in [-0.15, -0.1) is 0 Å². The molecule has 0 aromatic carbocycles. The molecule has 1 amide bonds. The van der Waals surface area contributed by atoms with Crippen molar-refractivity contribution in [2.24, 2.45) is 17.8 Å². The summed E-state index contributed by atoms with van der Waals surface area (Å²) in [4.78, 5) is 13.7. The van der Waals surface area contributed by atoms with E-state index in [-0.39, 0.29) is 5.91 Å². The van der Waals surface area contributed by atoms with Crippen LogP contribution in [0.2, 0.25) is 0 Å². The van der Waals surface area contributed by atoms with E-state index in [2.05, 4.69) is 24.1 Å². The molecule has 1 heterocycles. The molecule has 1 aliphatic carbocycles. The second-order valence-electron chi connectivity index (χ2n) is 6.70. The number of carbonyl (C=O) groups excluding carboxylic acids is 1. The molecule has 104 valence electrons. The van der Waals surface area contributed by atoms with Crippen LogP contribution < -0.4 is 5.32 Å². The third-order valence-electron chi connectivity index (χ3n) is 4.16.